The molecule has 4 heteroatoms. The minimum atomic E-state index is 0.626. The zero-order chi connectivity index (χ0) is 9.26. The lowest BCUT2D eigenvalue weighted by molar-refractivity contribution is 0.779. The quantitative estimate of drug-likeness (QED) is 0.723. The number of aryl methyl sites for hydroxylation is 1. The van der Waals surface area contributed by atoms with Crippen LogP contribution >= 0.6 is 0 Å². The van der Waals surface area contributed by atoms with Crippen molar-refractivity contribution in [1.82, 2.24) is 14.8 Å². The molecule has 0 spiro atoms. The predicted molar refractivity (Wildman–Crippen MR) is 51.3 cm³/mol. The second-order valence-corrected chi connectivity index (χ2v) is 3.03. The van der Waals surface area contributed by atoms with E-state index >= 15 is 0 Å². The van der Waals surface area contributed by atoms with Crippen LogP contribution in [0.5, 0.6) is 0 Å². The molecule has 0 saturated carbocycles. The third-order valence-corrected chi connectivity index (χ3v) is 2.01. The molecule has 0 aliphatic carbocycles. The second-order valence-electron chi connectivity index (χ2n) is 3.03. The average molecular weight is 176 g/mol. The van der Waals surface area contributed by atoms with E-state index in [4.69, 9.17) is 5.73 Å². The van der Waals surface area contributed by atoms with E-state index in [9.17, 15) is 0 Å². The first-order valence-electron chi connectivity index (χ1n) is 4.28. The Morgan fingerprint density at radius 3 is 3.15 bits per heavy atom. The Hall–Kier alpha value is -1.42. The van der Waals surface area contributed by atoms with E-state index in [1.165, 1.54) is 0 Å². The normalized spacial score (nSPS) is 10.9. The summed E-state index contributed by atoms with van der Waals surface area (Å²) < 4.78 is 1.80. The molecular weight excluding hydrogens is 164 g/mol. The van der Waals surface area contributed by atoms with E-state index in [0.29, 0.717) is 6.54 Å². The van der Waals surface area contributed by atoms with E-state index in [2.05, 4.69) is 10.1 Å². The highest BCUT2D eigenvalue weighted by molar-refractivity contribution is 5.80. The average Bonchev–Trinajstić information content (AvgIpc) is 2.47. The van der Waals surface area contributed by atoms with Crippen LogP contribution in [0, 0.1) is 0 Å². The van der Waals surface area contributed by atoms with Crippen molar-refractivity contribution in [1.29, 1.82) is 0 Å². The van der Waals surface area contributed by atoms with E-state index in [1.807, 2.05) is 19.3 Å². The van der Waals surface area contributed by atoms with Gasteiger partial charge in [0.1, 0.15) is 0 Å². The van der Waals surface area contributed by atoms with Gasteiger partial charge in [-0.2, -0.15) is 5.10 Å². The van der Waals surface area contributed by atoms with Crippen molar-refractivity contribution in [3.63, 3.8) is 0 Å². The Labute approximate surface area is 76.4 Å². The highest BCUT2D eigenvalue weighted by atomic mass is 15.2. The van der Waals surface area contributed by atoms with Crippen LogP contribution in [0.2, 0.25) is 0 Å². The molecule has 0 aliphatic heterocycles. The van der Waals surface area contributed by atoms with Crippen LogP contribution < -0.4 is 5.73 Å². The molecule has 2 rings (SSSR count). The summed E-state index contributed by atoms with van der Waals surface area (Å²) in [5, 5.41) is 5.40. The van der Waals surface area contributed by atoms with Gasteiger partial charge in [0.2, 0.25) is 0 Å². The van der Waals surface area contributed by atoms with Crippen molar-refractivity contribution in [3.8, 4) is 0 Å². The van der Waals surface area contributed by atoms with Crippen molar-refractivity contribution >= 4 is 10.9 Å². The monoisotopic (exact) mass is 176 g/mol. The highest BCUT2D eigenvalue weighted by Gasteiger charge is 2.03. The zero-order valence-corrected chi connectivity index (χ0v) is 7.57. The van der Waals surface area contributed by atoms with Crippen molar-refractivity contribution in [2.45, 2.75) is 6.42 Å². The molecule has 0 aromatic carbocycles. The first-order chi connectivity index (χ1) is 6.31. The third-order valence-electron chi connectivity index (χ3n) is 2.01. The van der Waals surface area contributed by atoms with Crippen molar-refractivity contribution in [3.05, 3.63) is 24.2 Å². The van der Waals surface area contributed by atoms with E-state index in [1.54, 1.807) is 10.9 Å². The van der Waals surface area contributed by atoms with Crippen LogP contribution in [0.4, 0.5) is 0 Å². The molecule has 0 bridgehead atoms. The zero-order valence-electron chi connectivity index (χ0n) is 7.57. The summed E-state index contributed by atoms with van der Waals surface area (Å²) >= 11 is 0. The van der Waals surface area contributed by atoms with Gasteiger partial charge in [0.15, 0.2) is 0 Å². The van der Waals surface area contributed by atoms with Crippen LogP contribution in [0.3, 0.4) is 0 Å². The SMILES string of the molecule is Cn1cc2c(CCN)nccc2n1. The standard InChI is InChI=1S/C9H12N4/c1-13-6-7-8(2-4-10)11-5-3-9(7)12-13/h3,5-6H,2,4,10H2,1H3. The number of hydrogen-bond acceptors (Lipinski definition) is 3. The van der Waals surface area contributed by atoms with Crippen LogP contribution in [-0.4, -0.2) is 21.3 Å². The second kappa shape index (κ2) is 3.14. The number of fused-ring (bicyclic) bond motifs is 1. The van der Waals surface area contributed by atoms with Gasteiger partial charge in [0.05, 0.1) is 11.2 Å². The maximum atomic E-state index is 5.49. The Kier molecular flexibility index (Phi) is 1.98. The first-order valence-corrected chi connectivity index (χ1v) is 4.28. The molecule has 0 fully saturated rings. The Bertz CT molecular complexity index is 418. The van der Waals surface area contributed by atoms with Gasteiger partial charge in [-0.3, -0.25) is 9.67 Å². The van der Waals surface area contributed by atoms with Crippen LogP contribution in [0.25, 0.3) is 10.9 Å². The van der Waals surface area contributed by atoms with Crippen LogP contribution in [0.1, 0.15) is 5.69 Å². The van der Waals surface area contributed by atoms with Crippen molar-refractivity contribution in [2.24, 2.45) is 12.8 Å². The molecule has 2 heterocycles. The summed E-state index contributed by atoms with van der Waals surface area (Å²) in [6.07, 6.45) is 4.57. The molecule has 4 nitrogen and oxygen atoms in total. The lowest BCUT2D eigenvalue weighted by atomic mass is 10.2. The van der Waals surface area contributed by atoms with Gasteiger partial charge < -0.3 is 5.73 Å². The minimum Gasteiger partial charge on any atom is -0.330 e. The molecule has 2 aromatic rings. The first kappa shape index (κ1) is 8.19. The number of pyridine rings is 1. The van der Waals surface area contributed by atoms with E-state index in [0.717, 1.165) is 23.0 Å². The number of hydrogen-bond donors (Lipinski definition) is 1. The van der Waals surface area contributed by atoms with E-state index in [-0.39, 0.29) is 0 Å². The number of nitrogens with two attached hydrogens (primary N) is 1. The fourth-order valence-electron chi connectivity index (χ4n) is 1.45. The van der Waals surface area contributed by atoms with Crippen LogP contribution in [-0.2, 0) is 13.5 Å². The minimum absolute atomic E-state index is 0.626. The largest absolute Gasteiger partial charge is 0.330 e. The molecule has 0 radical (unpaired) electrons. The topological polar surface area (TPSA) is 56.7 Å². The summed E-state index contributed by atoms with van der Waals surface area (Å²) in [7, 11) is 1.91. The number of rotatable bonds is 2. The number of aromatic nitrogens is 3. The molecule has 68 valence electrons. The van der Waals surface area contributed by atoms with Gasteiger partial charge >= 0.3 is 0 Å². The Morgan fingerprint density at radius 1 is 1.54 bits per heavy atom. The lowest BCUT2D eigenvalue weighted by Gasteiger charge is -1.97. The van der Waals surface area contributed by atoms with Gasteiger partial charge in [-0.1, -0.05) is 0 Å². The van der Waals surface area contributed by atoms with Crippen molar-refractivity contribution in [2.75, 3.05) is 6.54 Å². The molecular formula is C9H12N4. The molecule has 2 aromatic heterocycles. The van der Waals surface area contributed by atoms with Gasteiger partial charge in [-0.15, -0.1) is 0 Å². The summed E-state index contributed by atoms with van der Waals surface area (Å²) in [5.74, 6) is 0. The van der Waals surface area contributed by atoms with E-state index < -0.39 is 0 Å². The molecule has 13 heavy (non-hydrogen) atoms. The van der Waals surface area contributed by atoms with Gasteiger partial charge in [-0.05, 0) is 12.6 Å². The predicted octanol–water partition coefficient (Wildman–Crippen LogP) is 0.469. The summed E-state index contributed by atoms with van der Waals surface area (Å²) in [5.41, 5.74) is 7.51. The molecule has 0 amide bonds. The van der Waals surface area contributed by atoms with Gasteiger partial charge in [-0.25, -0.2) is 0 Å². The number of nitrogens with zero attached hydrogens (tertiary/aromatic N) is 3. The third kappa shape index (κ3) is 1.40. The summed E-state index contributed by atoms with van der Waals surface area (Å²) in [6, 6.07) is 1.91. The molecule has 2 N–H and O–H groups in total. The Balaban J connectivity index is 2.60. The Morgan fingerprint density at radius 2 is 2.38 bits per heavy atom. The lowest BCUT2D eigenvalue weighted by Crippen LogP contribution is -2.04. The maximum Gasteiger partial charge on any atom is 0.0956 e. The smallest absolute Gasteiger partial charge is 0.0956 e. The summed E-state index contributed by atoms with van der Waals surface area (Å²) in [4.78, 5) is 4.28. The molecule has 0 aliphatic rings. The van der Waals surface area contributed by atoms with Crippen LogP contribution in [0.15, 0.2) is 18.5 Å². The highest BCUT2D eigenvalue weighted by Crippen LogP contribution is 2.14. The van der Waals surface area contributed by atoms with Gasteiger partial charge in [0.25, 0.3) is 0 Å². The van der Waals surface area contributed by atoms with Gasteiger partial charge in [0, 0.05) is 31.2 Å². The van der Waals surface area contributed by atoms with Crippen molar-refractivity contribution < 1.29 is 0 Å². The summed E-state index contributed by atoms with van der Waals surface area (Å²) in [6.45, 7) is 0.626. The molecule has 0 saturated heterocycles. The fraction of sp³-hybridized carbons (Fsp3) is 0.333. The maximum absolute atomic E-state index is 5.49. The molecule has 0 atom stereocenters. The fourth-order valence-corrected chi connectivity index (χ4v) is 1.45. The molecule has 0 unspecified atom stereocenters.